The largest absolute Gasteiger partial charge is 0.339 e. The standard InChI is InChI=1S/C22H25N3O4S2/c26-20(12-16-13-30-22-23-19-10-4-9-18(19)21(27)25(16)22)24-11-5-6-15(24)14-31(28,29)17-7-2-1-3-8-17/h1-3,7-8,15-16H,4-6,9-14H2. The van der Waals surface area contributed by atoms with E-state index in [0.29, 0.717) is 28.8 Å². The second-order valence-electron chi connectivity index (χ2n) is 8.49. The Labute approximate surface area is 185 Å². The number of nitrogens with zero attached hydrogens (tertiary/aromatic N) is 3. The maximum atomic E-state index is 13.2. The van der Waals surface area contributed by atoms with Gasteiger partial charge in [0.2, 0.25) is 5.91 Å². The molecule has 9 heteroatoms. The summed E-state index contributed by atoms with van der Waals surface area (Å²) in [7, 11) is -3.46. The maximum absolute atomic E-state index is 13.2. The zero-order valence-corrected chi connectivity index (χ0v) is 18.8. The topological polar surface area (TPSA) is 89.3 Å². The number of rotatable bonds is 5. The molecule has 2 aliphatic heterocycles. The third-order valence-corrected chi connectivity index (χ3v) is 9.41. The molecule has 2 aromatic rings. The Morgan fingerprint density at radius 1 is 1.13 bits per heavy atom. The molecule has 0 radical (unpaired) electrons. The highest BCUT2D eigenvalue weighted by molar-refractivity contribution is 7.99. The summed E-state index contributed by atoms with van der Waals surface area (Å²) in [6.45, 7) is 0.567. The van der Waals surface area contributed by atoms with E-state index in [1.54, 1.807) is 39.8 Å². The maximum Gasteiger partial charge on any atom is 0.257 e. The first kappa shape index (κ1) is 20.8. The number of hydrogen-bond donors (Lipinski definition) is 0. The molecule has 1 fully saturated rings. The van der Waals surface area contributed by atoms with Crippen LogP contribution < -0.4 is 5.56 Å². The summed E-state index contributed by atoms with van der Waals surface area (Å²) in [5.41, 5.74) is 1.73. The van der Waals surface area contributed by atoms with E-state index in [4.69, 9.17) is 0 Å². The molecule has 1 amide bonds. The smallest absolute Gasteiger partial charge is 0.257 e. The van der Waals surface area contributed by atoms with Crippen molar-refractivity contribution in [2.24, 2.45) is 0 Å². The van der Waals surface area contributed by atoms with Crippen LogP contribution in [-0.4, -0.2) is 52.9 Å². The molecule has 0 spiro atoms. The lowest BCUT2D eigenvalue weighted by atomic mass is 10.1. The lowest BCUT2D eigenvalue weighted by Crippen LogP contribution is -2.41. The molecule has 2 atom stereocenters. The number of fused-ring (bicyclic) bond motifs is 2. The van der Waals surface area contributed by atoms with E-state index in [0.717, 1.165) is 36.9 Å². The highest BCUT2D eigenvalue weighted by atomic mass is 32.2. The number of benzene rings is 1. The summed E-state index contributed by atoms with van der Waals surface area (Å²) in [6, 6.07) is 7.87. The molecular weight excluding hydrogens is 434 g/mol. The van der Waals surface area contributed by atoms with Gasteiger partial charge in [-0.3, -0.25) is 14.2 Å². The molecule has 1 aromatic carbocycles. The van der Waals surface area contributed by atoms with E-state index in [-0.39, 0.29) is 35.7 Å². The van der Waals surface area contributed by atoms with Crippen LogP contribution in [0.2, 0.25) is 0 Å². The van der Waals surface area contributed by atoms with Gasteiger partial charge in [-0.05, 0) is 44.2 Å². The van der Waals surface area contributed by atoms with Gasteiger partial charge in [0.05, 0.1) is 22.4 Å². The van der Waals surface area contributed by atoms with Crippen molar-refractivity contribution in [3.63, 3.8) is 0 Å². The second kappa shape index (κ2) is 8.09. The number of sulfone groups is 1. The Balaban J connectivity index is 1.32. The quantitative estimate of drug-likeness (QED) is 0.637. The van der Waals surface area contributed by atoms with Crippen LogP contribution in [0, 0.1) is 0 Å². The lowest BCUT2D eigenvalue weighted by molar-refractivity contribution is -0.132. The van der Waals surface area contributed by atoms with Gasteiger partial charge in [-0.15, -0.1) is 0 Å². The molecule has 0 saturated carbocycles. The average Bonchev–Trinajstić information content (AvgIpc) is 3.49. The van der Waals surface area contributed by atoms with Gasteiger partial charge in [0.25, 0.3) is 5.56 Å². The first-order chi connectivity index (χ1) is 14.9. The molecule has 31 heavy (non-hydrogen) atoms. The minimum Gasteiger partial charge on any atom is -0.339 e. The molecule has 3 heterocycles. The second-order valence-corrected chi connectivity index (χ2v) is 11.5. The van der Waals surface area contributed by atoms with Crippen molar-refractivity contribution in [3.8, 4) is 0 Å². The number of aromatic nitrogens is 2. The van der Waals surface area contributed by atoms with Crippen molar-refractivity contribution < 1.29 is 13.2 Å². The SMILES string of the molecule is O=C(CC1CSc2nc3c(c(=O)n21)CCC3)N1CCCC1CS(=O)(=O)c1ccccc1. The highest BCUT2D eigenvalue weighted by Gasteiger charge is 2.36. The number of hydrogen-bond acceptors (Lipinski definition) is 6. The Morgan fingerprint density at radius 3 is 2.74 bits per heavy atom. The van der Waals surface area contributed by atoms with Crippen LogP contribution in [0.25, 0.3) is 0 Å². The van der Waals surface area contributed by atoms with Gasteiger partial charge in [-0.1, -0.05) is 30.0 Å². The lowest BCUT2D eigenvalue weighted by Gasteiger charge is -2.26. The number of carbonyl (C=O) groups is 1. The summed E-state index contributed by atoms with van der Waals surface area (Å²) < 4.78 is 27.4. The van der Waals surface area contributed by atoms with Crippen molar-refractivity contribution in [1.82, 2.24) is 14.5 Å². The van der Waals surface area contributed by atoms with Gasteiger partial charge >= 0.3 is 0 Å². The fourth-order valence-electron chi connectivity index (χ4n) is 4.94. The van der Waals surface area contributed by atoms with E-state index < -0.39 is 9.84 Å². The molecular formula is C22H25N3O4S2. The predicted octanol–water partition coefficient (Wildman–Crippen LogP) is 2.23. The van der Waals surface area contributed by atoms with Crippen LogP contribution in [-0.2, 0) is 27.5 Å². The number of likely N-dealkylation sites (tertiary alicyclic amines) is 1. The van der Waals surface area contributed by atoms with E-state index in [1.807, 2.05) is 0 Å². The summed E-state index contributed by atoms with van der Waals surface area (Å²) >= 11 is 1.53. The number of aryl methyl sites for hydroxylation is 1. The first-order valence-electron chi connectivity index (χ1n) is 10.8. The monoisotopic (exact) mass is 459 g/mol. The highest BCUT2D eigenvalue weighted by Crippen LogP contribution is 2.35. The zero-order chi connectivity index (χ0) is 21.6. The number of amides is 1. The van der Waals surface area contributed by atoms with Crippen LogP contribution >= 0.6 is 11.8 Å². The fraction of sp³-hybridized carbons (Fsp3) is 0.500. The van der Waals surface area contributed by atoms with Gasteiger partial charge in [-0.25, -0.2) is 13.4 Å². The Hall–Kier alpha value is -2.13. The molecule has 0 N–H and O–H groups in total. The van der Waals surface area contributed by atoms with Crippen LogP contribution in [0.3, 0.4) is 0 Å². The normalized spacial score (nSPS) is 22.5. The van der Waals surface area contributed by atoms with Gasteiger partial charge in [0.1, 0.15) is 0 Å². The van der Waals surface area contributed by atoms with Crippen LogP contribution in [0.5, 0.6) is 0 Å². The van der Waals surface area contributed by atoms with Crippen molar-refractivity contribution in [2.75, 3.05) is 18.1 Å². The molecule has 5 rings (SSSR count). The van der Waals surface area contributed by atoms with Gasteiger partial charge < -0.3 is 4.90 Å². The van der Waals surface area contributed by atoms with E-state index in [9.17, 15) is 18.0 Å². The van der Waals surface area contributed by atoms with E-state index in [2.05, 4.69) is 4.98 Å². The van der Waals surface area contributed by atoms with Crippen molar-refractivity contribution in [3.05, 3.63) is 51.9 Å². The van der Waals surface area contributed by atoms with Crippen molar-refractivity contribution in [1.29, 1.82) is 0 Å². The minimum absolute atomic E-state index is 0.00456. The fourth-order valence-corrected chi connectivity index (χ4v) is 7.71. The molecule has 164 valence electrons. The Kier molecular flexibility index (Phi) is 5.42. The molecule has 3 aliphatic rings. The summed E-state index contributed by atoms with van der Waals surface area (Å²) in [5.74, 6) is 0.516. The van der Waals surface area contributed by atoms with Crippen LogP contribution in [0.15, 0.2) is 45.2 Å². The number of carbonyl (C=O) groups excluding carboxylic acids is 1. The van der Waals surface area contributed by atoms with Crippen molar-refractivity contribution in [2.45, 2.75) is 60.7 Å². The van der Waals surface area contributed by atoms with Gasteiger partial charge in [0, 0.05) is 30.3 Å². The summed E-state index contributed by atoms with van der Waals surface area (Å²) in [4.78, 5) is 32.8. The van der Waals surface area contributed by atoms with Gasteiger partial charge in [-0.2, -0.15) is 0 Å². The molecule has 2 unspecified atom stereocenters. The van der Waals surface area contributed by atoms with E-state index in [1.165, 1.54) is 11.8 Å². The Morgan fingerprint density at radius 2 is 1.94 bits per heavy atom. The van der Waals surface area contributed by atoms with Crippen molar-refractivity contribution >= 4 is 27.5 Å². The third kappa shape index (κ3) is 3.82. The molecule has 0 bridgehead atoms. The summed E-state index contributed by atoms with van der Waals surface area (Å²) in [5, 5.41) is 0.716. The van der Waals surface area contributed by atoms with E-state index >= 15 is 0 Å². The number of thioether (sulfide) groups is 1. The molecule has 1 aromatic heterocycles. The molecule has 1 saturated heterocycles. The Bertz CT molecular complexity index is 1180. The minimum atomic E-state index is -3.46. The third-order valence-electron chi connectivity index (χ3n) is 6.49. The average molecular weight is 460 g/mol. The predicted molar refractivity (Wildman–Crippen MR) is 118 cm³/mol. The van der Waals surface area contributed by atoms with Gasteiger partial charge in [0.15, 0.2) is 15.0 Å². The first-order valence-corrected chi connectivity index (χ1v) is 13.4. The van der Waals surface area contributed by atoms with Crippen LogP contribution in [0.4, 0.5) is 0 Å². The molecule has 7 nitrogen and oxygen atoms in total. The van der Waals surface area contributed by atoms with Crippen LogP contribution in [0.1, 0.15) is 43.0 Å². The molecule has 1 aliphatic carbocycles. The summed E-state index contributed by atoms with van der Waals surface area (Å²) in [6.07, 6.45) is 4.27. The zero-order valence-electron chi connectivity index (χ0n) is 17.2.